The second-order valence-electron chi connectivity index (χ2n) is 14.2. The molecule has 3 heterocycles. The normalized spacial score (nSPS) is 14.6. The number of ether oxygens (including phenoxy) is 2. The van der Waals surface area contributed by atoms with Gasteiger partial charge >= 0.3 is 0 Å². The SMILES string of the molecule is Cc1ccc(-c2ccc(C)cc2)cc1.Cc1ccc(-c2ncc(C)cn2)cc1.Cc1ccc(-c2nnc(C)s2)cc1.Cc1ccc(C2OCC(C)CO2)cc1. The van der Waals surface area contributed by atoms with Crippen molar-refractivity contribution >= 4 is 11.3 Å². The van der Waals surface area contributed by atoms with E-state index in [1.807, 2.05) is 38.4 Å². The summed E-state index contributed by atoms with van der Waals surface area (Å²) in [4.78, 5) is 8.53. The van der Waals surface area contributed by atoms with Gasteiger partial charge < -0.3 is 9.47 Å². The van der Waals surface area contributed by atoms with Crippen molar-refractivity contribution in [3.63, 3.8) is 0 Å². The van der Waals surface area contributed by atoms with Crippen LogP contribution in [-0.2, 0) is 9.47 Å². The van der Waals surface area contributed by atoms with Crippen LogP contribution in [0, 0.1) is 54.4 Å². The van der Waals surface area contributed by atoms with Crippen LogP contribution in [0.1, 0.15) is 57.2 Å². The van der Waals surface area contributed by atoms with Gasteiger partial charge in [0.15, 0.2) is 12.1 Å². The van der Waals surface area contributed by atoms with Gasteiger partial charge in [0.2, 0.25) is 0 Å². The lowest BCUT2D eigenvalue weighted by molar-refractivity contribution is -0.202. The molecule has 0 N–H and O–H groups in total. The van der Waals surface area contributed by atoms with Gasteiger partial charge in [-0.2, -0.15) is 0 Å². The average molecular weight is 749 g/mol. The molecule has 1 aliphatic heterocycles. The van der Waals surface area contributed by atoms with Crippen molar-refractivity contribution in [1.82, 2.24) is 20.2 Å². The number of aryl methyl sites for hydroxylation is 7. The van der Waals surface area contributed by atoms with E-state index >= 15 is 0 Å². The Morgan fingerprint density at radius 3 is 1.24 bits per heavy atom. The monoisotopic (exact) mass is 748 g/mol. The Balaban J connectivity index is 0.000000141. The molecule has 0 atom stereocenters. The highest BCUT2D eigenvalue weighted by atomic mass is 32.1. The minimum Gasteiger partial charge on any atom is -0.348 e. The molecule has 0 amide bonds. The van der Waals surface area contributed by atoms with Crippen molar-refractivity contribution in [2.24, 2.45) is 5.92 Å². The Morgan fingerprint density at radius 2 is 0.836 bits per heavy atom. The highest BCUT2D eigenvalue weighted by Crippen LogP contribution is 2.25. The summed E-state index contributed by atoms with van der Waals surface area (Å²) in [5.74, 6) is 1.30. The molecule has 1 aliphatic rings. The molecule has 55 heavy (non-hydrogen) atoms. The summed E-state index contributed by atoms with van der Waals surface area (Å²) < 4.78 is 11.2. The van der Waals surface area contributed by atoms with Gasteiger partial charge in [-0.05, 0) is 65.2 Å². The van der Waals surface area contributed by atoms with Crippen LogP contribution in [0.4, 0.5) is 0 Å². The first-order valence-corrected chi connectivity index (χ1v) is 19.5. The summed E-state index contributed by atoms with van der Waals surface area (Å²) in [5, 5.41) is 10.1. The van der Waals surface area contributed by atoms with E-state index in [1.54, 1.807) is 11.3 Å². The molecule has 7 heteroatoms. The Kier molecular flexibility index (Phi) is 15.1. The summed E-state index contributed by atoms with van der Waals surface area (Å²) in [5.41, 5.74) is 13.4. The molecular formula is C48H52N4O2S. The van der Waals surface area contributed by atoms with E-state index in [-0.39, 0.29) is 6.29 Å². The van der Waals surface area contributed by atoms with Crippen molar-refractivity contribution < 1.29 is 9.47 Å². The first-order chi connectivity index (χ1) is 26.5. The zero-order valence-corrected chi connectivity index (χ0v) is 34.1. The molecule has 0 aliphatic carbocycles. The summed E-state index contributed by atoms with van der Waals surface area (Å²) in [7, 11) is 0. The number of hydrogen-bond acceptors (Lipinski definition) is 7. The second kappa shape index (κ2) is 20.4. The van der Waals surface area contributed by atoms with E-state index in [9.17, 15) is 0 Å². The minimum atomic E-state index is -0.160. The van der Waals surface area contributed by atoms with Crippen molar-refractivity contribution in [2.45, 2.75) is 61.7 Å². The van der Waals surface area contributed by atoms with E-state index in [2.05, 4.69) is 171 Å². The van der Waals surface area contributed by atoms with Crippen molar-refractivity contribution in [3.05, 3.63) is 178 Å². The highest BCUT2D eigenvalue weighted by molar-refractivity contribution is 7.14. The molecule has 0 saturated carbocycles. The van der Waals surface area contributed by atoms with Crippen LogP contribution in [0.15, 0.2) is 134 Å². The van der Waals surface area contributed by atoms with Crippen LogP contribution in [-0.4, -0.2) is 33.4 Å². The molecule has 8 rings (SSSR count). The van der Waals surface area contributed by atoms with Gasteiger partial charge in [-0.25, -0.2) is 9.97 Å². The van der Waals surface area contributed by atoms with Gasteiger partial charge in [-0.1, -0.05) is 167 Å². The third kappa shape index (κ3) is 13.2. The third-order valence-corrected chi connectivity index (χ3v) is 9.65. The minimum absolute atomic E-state index is 0.160. The summed E-state index contributed by atoms with van der Waals surface area (Å²) in [6.45, 7) is 18.1. The van der Waals surface area contributed by atoms with Gasteiger partial charge in [-0.15, -0.1) is 10.2 Å². The standard InChI is InChI=1S/C14H14.C12H12N2.C12H16O2.C10H10N2S/c1-11-3-7-13(8-4-11)14-9-5-12(2)6-10-14;2*1-9-3-5-11(6-4-9)12-13-7-10(2)8-14-12;1-7-3-5-9(6-4-7)10-12-11-8(2)13-10/h3-10H,1-2H3;3-8H,1-2H3;3-6,10,12H,7-8H2,1-2H3;3-6H,1-2H3. The van der Waals surface area contributed by atoms with E-state index in [1.165, 1.54) is 38.9 Å². The van der Waals surface area contributed by atoms with Crippen LogP contribution in [0.2, 0.25) is 0 Å². The lowest BCUT2D eigenvalue weighted by Crippen LogP contribution is -2.24. The van der Waals surface area contributed by atoms with E-state index in [0.717, 1.165) is 51.3 Å². The first kappa shape index (κ1) is 40.8. The fourth-order valence-electron chi connectivity index (χ4n) is 5.36. The Bertz CT molecular complexity index is 1980. The van der Waals surface area contributed by atoms with Gasteiger partial charge in [-0.3, -0.25) is 0 Å². The van der Waals surface area contributed by atoms with E-state index < -0.39 is 0 Å². The number of rotatable bonds is 4. The molecule has 1 saturated heterocycles. The number of aromatic nitrogens is 4. The average Bonchev–Trinajstić information content (AvgIpc) is 3.64. The maximum Gasteiger partial charge on any atom is 0.183 e. The molecule has 0 bridgehead atoms. The second-order valence-corrected chi connectivity index (χ2v) is 15.4. The molecule has 7 aromatic rings. The lowest BCUT2D eigenvalue weighted by Gasteiger charge is -2.27. The Labute approximate surface area is 331 Å². The van der Waals surface area contributed by atoms with Gasteiger partial charge in [0.25, 0.3) is 0 Å². The molecule has 6 nitrogen and oxygen atoms in total. The molecule has 1 fully saturated rings. The Hall–Kier alpha value is -5.34. The van der Waals surface area contributed by atoms with E-state index in [0.29, 0.717) is 5.92 Å². The molecular weight excluding hydrogens is 697 g/mol. The van der Waals surface area contributed by atoms with Crippen molar-refractivity contribution in [1.29, 1.82) is 0 Å². The summed E-state index contributed by atoms with van der Waals surface area (Å²) in [6, 6.07) is 42.1. The molecule has 0 radical (unpaired) electrons. The van der Waals surface area contributed by atoms with E-state index in [4.69, 9.17) is 9.47 Å². The van der Waals surface area contributed by atoms with Gasteiger partial charge in [0.05, 0.1) is 13.2 Å². The van der Waals surface area contributed by atoms with Crippen LogP contribution in [0.25, 0.3) is 33.1 Å². The zero-order chi connectivity index (χ0) is 39.2. The summed E-state index contributed by atoms with van der Waals surface area (Å²) >= 11 is 1.62. The molecule has 5 aromatic carbocycles. The number of hydrogen-bond donors (Lipinski definition) is 0. The zero-order valence-electron chi connectivity index (χ0n) is 33.3. The number of nitrogens with zero attached hydrogens (tertiary/aromatic N) is 4. The van der Waals surface area contributed by atoms with Gasteiger partial charge in [0.1, 0.15) is 10.0 Å². The van der Waals surface area contributed by atoms with Crippen LogP contribution < -0.4 is 0 Å². The molecule has 0 unspecified atom stereocenters. The Morgan fingerprint density at radius 1 is 0.455 bits per heavy atom. The van der Waals surface area contributed by atoms with Crippen LogP contribution >= 0.6 is 11.3 Å². The maximum absolute atomic E-state index is 5.59. The topological polar surface area (TPSA) is 70.0 Å². The maximum atomic E-state index is 5.59. The third-order valence-electron chi connectivity index (χ3n) is 8.77. The predicted octanol–water partition coefficient (Wildman–Crippen LogP) is 12.2. The highest BCUT2D eigenvalue weighted by Gasteiger charge is 2.20. The predicted molar refractivity (Wildman–Crippen MR) is 228 cm³/mol. The largest absolute Gasteiger partial charge is 0.348 e. The van der Waals surface area contributed by atoms with Crippen LogP contribution in [0.3, 0.4) is 0 Å². The number of benzene rings is 5. The fraction of sp³-hybridized carbons (Fsp3) is 0.250. The van der Waals surface area contributed by atoms with Crippen LogP contribution in [0.5, 0.6) is 0 Å². The fourth-order valence-corrected chi connectivity index (χ4v) is 6.06. The lowest BCUT2D eigenvalue weighted by atomic mass is 10.0. The van der Waals surface area contributed by atoms with Crippen molar-refractivity contribution in [2.75, 3.05) is 13.2 Å². The molecule has 0 spiro atoms. The van der Waals surface area contributed by atoms with Gasteiger partial charge in [0, 0.05) is 35.0 Å². The summed E-state index contributed by atoms with van der Waals surface area (Å²) in [6.07, 6.45) is 3.51. The van der Waals surface area contributed by atoms with Crippen molar-refractivity contribution in [3.8, 4) is 33.1 Å². The molecule has 2 aromatic heterocycles. The first-order valence-electron chi connectivity index (χ1n) is 18.7. The quantitative estimate of drug-likeness (QED) is 0.178. The smallest absolute Gasteiger partial charge is 0.183 e. The molecule has 282 valence electrons.